The number of hydrogen-bond donors (Lipinski definition) is 0. The molecule has 0 aliphatic rings. The van der Waals surface area contributed by atoms with E-state index in [9.17, 15) is 18.0 Å². The number of Topliss-reactive ketones (excluding diaryl/α,β-unsaturated/α-hetero) is 1. The monoisotopic (exact) mass is 431 g/mol. The maximum absolute atomic E-state index is 12.5. The summed E-state index contributed by atoms with van der Waals surface area (Å²) in [6.45, 7) is 8.02. The molecule has 0 saturated heterocycles. The van der Waals surface area contributed by atoms with Gasteiger partial charge in [-0.2, -0.15) is 4.31 Å². The summed E-state index contributed by atoms with van der Waals surface area (Å²) in [7, 11) is -3.50. The van der Waals surface area contributed by atoms with E-state index in [4.69, 9.17) is 4.74 Å². The van der Waals surface area contributed by atoms with Crippen molar-refractivity contribution in [2.24, 2.45) is 0 Å². The van der Waals surface area contributed by atoms with Crippen LogP contribution in [0.2, 0.25) is 0 Å². The molecule has 0 N–H and O–H groups in total. The van der Waals surface area contributed by atoms with E-state index < -0.39 is 16.0 Å². The molecule has 0 aliphatic heterocycles. The molecule has 6 nitrogen and oxygen atoms in total. The Morgan fingerprint density at radius 3 is 2.13 bits per heavy atom. The van der Waals surface area contributed by atoms with Crippen molar-refractivity contribution in [2.45, 2.75) is 45.4 Å². The second-order valence-corrected chi connectivity index (χ2v) is 9.05. The Balaban J connectivity index is 1.87. The summed E-state index contributed by atoms with van der Waals surface area (Å²) >= 11 is 0. The van der Waals surface area contributed by atoms with Crippen LogP contribution in [0.3, 0.4) is 0 Å². The fraction of sp³-hybridized carbons (Fsp3) is 0.391. The highest BCUT2D eigenvalue weighted by Crippen LogP contribution is 2.17. The van der Waals surface area contributed by atoms with Crippen LogP contribution in [0.5, 0.6) is 0 Å². The third-order valence-corrected chi connectivity index (χ3v) is 7.14. The number of sulfonamides is 1. The molecule has 0 fully saturated rings. The van der Waals surface area contributed by atoms with Crippen molar-refractivity contribution in [3.63, 3.8) is 0 Å². The molecule has 0 aliphatic carbocycles. The predicted molar refractivity (Wildman–Crippen MR) is 116 cm³/mol. The molecule has 0 aromatic heterocycles. The first-order chi connectivity index (χ1) is 14.2. The van der Waals surface area contributed by atoms with Gasteiger partial charge in [0.2, 0.25) is 10.0 Å². The quantitative estimate of drug-likeness (QED) is 0.423. The number of carbonyl (C=O) groups is 2. The van der Waals surface area contributed by atoms with Crippen molar-refractivity contribution in [3.05, 3.63) is 64.7 Å². The van der Waals surface area contributed by atoms with Gasteiger partial charge >= 0.3 is 5.97 Å². The van der Waals surface area contributed by atoms with Crippen LogP contribution in [-0.4, -0.2) is 44.2 Å². The number of esters is 1. The Morgan fingerprint density at radius 1 is 0.933 bits per heavy atom. The number of rotatable bonds is 10. The van der Waals surface area contributed by atoms with Gasteiger partial charge in [-0.25, -0.2) is 8.42 Å². The van der Waals surface area contributed by atoms with E-state index in [0.717, 1.165) is 16.7 Å². The molecule has 0 saturated carbocycles. The second kappa shape index (κ2) is 10.5. The molecule has 2 aromatic carbocycles. The van der Waals surface area contributed by atoms with Crippen LogP contribution in [0.25, 0.3) is 0 Å². The summed E-state index contributed by atoms with van der Waals surface area (Å²) in [5.74, 6) is -0.704. The van der Waals surface area contributed by atoms with Gasteiger partial charge in [0.25, 0.3) is 0 Å². The number of aryl methyl sites for hydroxylation is 3. The van der Waals surface area contributed by atoms with Crippen LogP contribution in [-0.2, 0) is 26.0 Å². The predicted octanol–water partition coefficient (Wildman–Crippen LogP) is 3.69. The fourth-order valence-corrected chi connectivity index (χ4v) is 4.46. The molecule has 2 aromatic rings. The smallest absolute Gasteiger partial charge is 0.306 e. The van der Waals surface area contributed by atoms with Gasteiger partial charge in [0.05, 0.1) is 4.90 Å². The molecule has 0 unspecified atom stereocenters. The van der Waals surface area contributed by atoms with E-state index in [-0.39, 0.29) is 23.7 Å². The van der Waals surface area contributed by atoms with E-state index >= 15 is 0 Å². The lowest BCUT2D eigenvalue weighted by Crippen LogP contribution is -2.30. The minimum atomic E-state index is -3.50. The van der Waals surface area contributed by atoms with Gasteiger partial charge in [-0.3, -0.25) is 9.59 Å². The molecule has 162 valence electrons. The van der Waals surface area contributed by atoms with Gasteiger partial charge < -0.3 is 4.74 Å². The van der Waals surface area contributed by atoms with Crippen molar-refractivity contribution < 1.29 is 22.7 Å². The normalized spacial score (nSPS) is 11.5. The molecule has 0 radical (unpaired) electrons. The third-order valence-electron chi connectivity index (χ3n) is 5.08. The average Bonchev–Trinajstić information content (AvgIpc) is 2.73. The number of nitrogens with zero attached hydrogens (tertiary/aromatic N) is 1. The minimum absolute atomic E-state index is 0.113. The highest BCUT2D eigenvalue weighted by atomic mass is 32.2. The topological polar surface area (TPSA) is 80.8 Å². The highest BCUT2D eigenvalue weighted by molar-refractivity contribution is 7.89. The maximum Gasteiger partial charge on any atom is 0.306 e. The average molecular weight is 432 g/mol. The van der Waals surface area contributed by atoms with Crippen molar-refractivity contribution >= 4 is 21.8 Å². The molecule has 2 rings (SSSR count). The van der Waals surface area contributed by atoms with E-state index in [1.165, 1.54) is 4.31 Å². The van der Waals surface area contributed by atoms with Gasteiger partial charge in [-0.05, 0) is 55.2 Å². The molecular weight excluding hydrogens is 402 g/mol. The van der Waals surface area contributed by atoms with Crippen LogP contribution in [0, 0.1) is 13.8 Å². The molecule has 0 amide bonds. The summed E-state index contributed by atoms with van der Waals surface area (Å²) in [5.41, 5.74) is 3.46. The number of ether oxygens (including phenoxy) is 1. The van der Waals surface area contributed by atoms with E-state index in [2.05, 4.69) is 0 Å². The lowest BCUT2D eigenvalue weighted by atomic mass is 10.0. The summed E-state index contributed by atoms with van der Waals surface area (Å²) in [5, 5.41) is 0. The molecular formula is C23H29NO5S. The Morgan fingerprint density at radius 2 is 1.57 bits per heavy atom. The molecule has 7 heteroatoms. The number of ketones is 1. The number of carbonyl (C=O) groups excluding carboxylic acids is 2. The van der Waals surface area contributed by atoms with E-state index in [1.807, 2.05) is 19.9 Å². The van der Waals surface area contributed by atoms with Crippen LogP contribution in [0.15, 0.2) is 47.4 Å². The lowest BCUT2D eigenvalue weighted by molar-refractivity contribution is -0.142. The first-order valence-corrected chi connectivity index (χ1v) is 11.5. The van der Waals surface area contributed by atoms with Crippen molar-refractivity contribution in [1.29, 1.82) is 0 Å². The van der Waals surface area contributed by atoms with Crippen molar-refractivity contribution in [2.75, 3.05) is 19.7 Å². The minimum Gasteiger partial charge on any atom is -0.457 e. The summed E-state index contributed by atoms with van der Waals surface area (Å²) in [4.78, 5) is 24.4. The fourth-order valence-electron chi connectivity index (χ4n) is 3.00. The first-order valence-electron chi connectivity index (χ1n) is 10.0. The first kappa shape index (κ1) is 23.8. The van der Waals surface area contributed by atoms with Gasteiger partial charge in [0.1, 0.15) is 0 Å². The zero-order valence-corrected chi connectivity index (χ0v) is 18.8. The van der Waals surface area contributed by atoms with Gasteiger partial charge in [-0.15, -0.1) is 0 Å². The lowest BCUT2D eigenvalue weighted by Gasteiger charge is -2.18. The zero-order chi connectivity index (χ0) is 22.3. The van der Waals surface area contributed by atoms with Crippen LogP contribution in [0.4, 0.5) is 0 Å². The SMILES string of the molecule is CCN(CC)S(=O)(=O)c1ccc(CCC(=O)OCC(=O)c2ccc(C)c(C)c2)cc1. The van der Waals surface area contributed by atoms with E-state index in [1.54, 1.807) is 50.2 Å². The summed E-state index contributed by atoms with van der Waals surface area (Å²) in [6.07, 6.45) is 0.518. The molecule has 0 heterocycles. The second-order valence-electron chi connectivity index (χ2n) is 7.12. The Kier molecular flexibility index (Phi) is 8.32. The van der Waals surface area contributed by atoms with Gasteiger partial charge in [0.15, 0.2) is 12.4 Å². The summed E-state index contributed by atoms with van der Waals surface area (Å²) < 4.78 is 31.5. The van der Waals surface area contributed by atoms with Crippen molar-refractivity contribution in [3.8, 4) is 0 Å². The van der Waals surface area contributed by atoms with Crippen LogP contribution < -0.4 is 0 Å². The summed E-state index contributed by atoms with van der Waals surface area (Å²) in [6, 6.07) is 11.9. The Labute approximate surface area is 178 Å². The van der Waals surface area contributed by atoms with E-state index in [0.29, 0.717) is 25.1 Å². The van der Waals surface area contributed by atoms with Gasteiger partial charge in [0, 0.05) is 25.1 Å². The largest absolute Gasteiger partial charge is 0.457 e. The molecule has 0 atom stereocenters. The Bertz CT molecular complexity index is 993. The van der Waals surface area contributed by atoms with Gasteiger partial charge in [-0.1, -0.05) is 38.1 Å². The van der Waals surface area contributed by atoms with Crippen LogP contribution >= 0.6 is 0 Å². The van der Waals surface area contributed by atoms with Crippen molar-refractivity contribution in [1.82, 2.24) is 4.31 Å². The number of hydrogen-bond acceptors (Lipinski definition) is 5. The standard InChI is InChI=1S/C23H29NO5S/c1-5-24(6-2)30(27,28)21-12-8-19(9-13-21)10-14-23(26)29-16-22(25)20-11-7-17(3)18(4)15-20/h7-9,11-13,15H,5-6,10,14,16H2,1-4H3. The number of benzene rings is 2. The zero-order valence-electron chi connectivity index (χ0n) is 18.0. The maximum atomic E-state index is 12.5. The molecule has 0 spiro atoms. The molecule has 30 heavy (non-hydrogen) atoms. The Hall–Kier alpha value is -2.51. The third kappa shape index (κ3) is 6.00. The molecule has 0 bridgehead atoms. The highest BCUT2D eigenvalue weighted by Gasteiger charge is 2.21. The van der Waals surface area contributed by atoms with Crippen LogP contribution in [0.1, 0.15) is 47.3 Å².